The van der Waals surface area contributed by atoms with Crippen molar-refractivity contribution in [2.45, 2.75) is 45.3 Å². The molecule has 1 saturated carbocycles. The first-order chi connectivity index (χ1) is 17.4. The number of halogens is 1. The highest BCUT2D eigenvalue weighted by molar-refractivity contribution is 6.09. The molecule has 1 aliphatic carbocycles. The largest absolute Gasteiger partial charge is 0.493 e. The topological polar surface area (TPSA) is 120 Å². The fourth-order valence-electron chi connectivity index (χ4n) is 4.68. The summed E-state index contributed by atoms with van der Waals surface area (Å²) in [5, 5.41) is 11.8. The number of ether oxygens (including phenoxy) is 1. The molecule has 190 valence electrons. The van der Waals surface area contributed by atoms with E-state index in [1.54, 1.807) is 6.92 Å². The first-order valence-corrected chi connectivity index (χ1v) is 12.3. The van der Waals surface area contributed by atoms with Crippen molar-refractivity contribution < 1.29 is 23.8 Å². The van der Waals surface area contributed by atoms with Crippen LogP contribution in [0.15, 0.2) is 24.5 Å². The van der Waals surface area contributed by atoms with E-state index in [1.165, 1.54) is 24.1 Å². The number of alkyl halides is 1. The molecular formula is C26H30FN5O4. The van der Waals surface area contributed by atoms with Crippen LogP contribution in [0.4, 0.5) is 4.39 Å². The third kappa shape index (κ3) is 4.77. The molecule has 2 fully saturated rings. The Morgan fingerprint density at radius 2 is 2.06 bits per heavy atom. The van der Waals surface area contributed by atoms with Crippen LogP contribution in [-0.4, -0.2) is 75.3 Å². The third-order valence-electron chi connectivity index (χ3n) is 6.91. The maximum atomic E-state index is 14.8. The van der Waals surface area contributed by atoms with Crippen LogP contribution in [0.25, 0.3) is 22.3 Å². The molecule has 2 aliphatic rings. The Hall–Kier alpha value is -3.53. The average Bonchev–Trinajstić information content (AvgIpc) is 3.63. The lowest BCUT2D eigenvalue weighted by atomic mass is 10.0. The molecule has 1 aliphatic heterocycles. The zero-order chi connectivity index (χ0) is 25.4. The zero-order valence-electron chi connectivity index (χ0n) is 20.4. The highest BCUT2D eigenvalue weighted by Gasteiger charge is 2.33. The first-order valence-electron chi connectivity index (χ1n) is 12.3. The van der Waals surface area contributed by atoms with E-state index < -0.39 is 30.6 Å². The maximum Gasteiger partial charge on any atom is 0.255 e. The summed E-state index contributed by atoms with van der Waals surface area (Å²) < 4.78 is 20.9. The molecule has 2 aromatic heterocycles. The Bertz CT molecular complexity index is 1300. The normalized spacial score (nSPS) is 19.9. The summed E-state index contributed by atoms with van der Waals surface area (Å²) in [4.78, 5) is 38.4. The zero-order valence-corrected chi connectivity index (χ0v) is 20.4. The number of nitrogens with one attached hydrogen (secondary N) is 2. The van der Waals surface area contributed by atoms with Crippen molar-refractivity contribution in [3.63, 3.8) is 0 Å². The van der Waals surface area contributed by atoms with E-state index in [4.69, 9.17) is 9.84 Å². The Morgan fingerprint density at radius 3 is 2.78 bits per heavy atom. The van der Waals surface area contributed by atoms with Crippen molar-refractivity contribution in [3.8, 4) is 17.0 Å². The number of aromatic nitrogens is 3. The van der Waals surface area contributed by atoms with Crippen molar-refractivity contribution in [3.05, 3.63) is 41.3 Å². The number of carbonyl (C=O) groups is 2. The average molecular weight is 496 g/mol. The number of amides is 2. The highest BCUT2D eigenvalue weighted by atomic mass is 19.1. The molecule has 0 radical (unpaired) electrons. The fourth-order valence-corrected chi connectivity index (χ4v) is 4.68. The van der Waals surface area contributed by atoms with Gasteiger partial charge in [0.15, 0.2) is 0 Å². The predicted molar refractivity (Wildman–Crippen MR) is 131 cm³/mol. The molecule has 2 amide bonds. The molecule has 36 heavy (non-hydrogen) atoms. The number of fused-ring (bicyclic) bond motifs is 1. The van der Waals surface area contributed by atoms with Gasteiger partial charge in [0.05, 0.1) is 30.3 Å². The molecule has 10 heteroatoms. The quantitative estimate of drug-likeness (QED) is 0.464. The summed E-state index contributed by atoms with van der Waals surface area (Å²) >= 11 is 0. The number of hydrogen-bond acceptors (Lipinski definition) is 6. The van der Waals surface area contributed by atoms with Gasteiger partial charge in [-0.3, -0.25) is 9.59 Å². The molecular weight excluding hydrogens is 465 g/mol. The van der Waals surface area contributed by atoms with Crippen molar-refractivity contribution in [2.75, 3.05) is 26.3 Å². The number of carbonyl (C=O) groups excluding carboxylic acids is 2. The molecule has 3 aromatic rings. The van der Waals surface area contributed by atoms with Crippen LogP contribution in [0.1, 0.15) is 40.9 Å². The third-order valence-corrected chi connectivity index (χ3v) is 6.91. The molecule has 3 N–H and O–H groups in total. The summed E-state index contributed by atoms with van der Waals surface area (Å²) in [5.41, 5.74) is 4.51. The number of aryl methyl sites for hydroxylation is 2. The van der Waals surface area contributed by atoms with Crippen LogP contribution in [-0.2, 0) is 4.79 Å². The Morgan fingerprint density at radius 1 is 1.25 bits per heavy atom. The number of H-pyrrole nitrogens is 1. The summed E-state index contributed by atoms with van der Waals surface area (Å²) in [6, 6.07) is 5.20. The monoisotopic (exact) mass is 495 g/mol. The van der Waals surface area contributed by atoms with E-state index in [1.807, 2.05) is 25.1 Å². The van der Waals surface area contributed by atoms with Crippen LogP contribution >= 0.6 is 0 Å². The van der Waals surface area contributed by atoms with Crippen molar-refractivity contribution in [1.29, 1.82) is 0 Å². The number of piperidine rings is 1. The number of hydrogen-bond donors (Lipinski definition) is 3. The number of likely N-dealkylation sites (tertiary alicyclic amines) is 1. The predicted octanol–water partition coefficient (Wildman–Crippen LogP) is 2.69. The van der Waals surface area contributed by atoms with E-state index >= 15 is 0 Å². The van der Waals surface area contributed by atoms with Crippen molar-refractivity contribution in [1.82, 2.24) is 25.2 Å². The number of aromatic amines is 1. The van der Waals surface area contributed by atoms with Gasteiger partial charge in [-0.1, -0.05) is 11.6 Å². The molecule has 1 saturated heterocycles. The molecule has 0 unspecified atom stereocenters. The maximum absolute atomic E-state index is 14.8. The number of aliphatic hydroxyl groups excluding tert-OH is 1. The molecule has 2 atom stereocenters. The van der Waals surface area contributed by atoms with E-state index in [2.05, 4.69) is 20.3 Å². The second kappa shape index (κ2) is 9.85. The lowest BCUT2D eigenvalue weighted by Crippen LogP contribution is -2.54. The van der Waals surface area contributed by atoms with Gasteiger partial charge in [-0.2, -0.15) is 0 Å². The second-order valence-electron chi connectivity index (χ2n) is 9.71. The van der Waals surface area contributed by atoms with Gasteiger partial charge in [0, 0.05) is 17.8 Å². The van der Waals surface area contributed by atoms with Gasteiger partial charge in [0.25, 0.3) is 5.91 Å². The minimum absolute atomic E-state index is 0.166. The first kappa shape index (κ1) is 24.2. The molecule has 3 heterocycles. The summed E-state index contributed by atoms with van der Waals surface area (Å²) in [6.45, 7) is 3.87. The number of rotatable bonds is 7. The molecule has 1 aromatic carbocycles. The van der Waals surface area contributed by atoms with Gasteiger partial charge in [0.2, 0.25) is 5.91 Å². The van der Waals surface area contributed by atoms with Crippen LogP contribution in [0.3, 0.4) is 0 Å². The standard InChI is InChI=1S/C26H30FN5O4/c1-14-3-6-20(36-12-16-4-5-16)17(9-14)23-25-24(29-13-28-23)22(15(2)30-25)26(35)31-19-7-8-32(10-18(19)27)21(34)11-33/h3,6,9,13,16,18-19,30,33H,4-5,7-8,10-12H2,1-2H3,(H,31,35)/t18-,19-/m1/s1. The highest BCUT2D eigenvalue weighted by Crippen LogP contribution is 2.37. The van der Waals surface area contributed by atoms with Crippen LogP contribution in [0.5, 0.6) is 5.75 Å². The summed E-state index contributed by atoms with van der Waals surface area (Å²) in [5.74, 6) is 0.374. The Kier molecular flexibility index (Phi) is 6.61. The van der Waals surface area contributed by atoms with Crippen LogP contribution in [0, 0.1) is 19.8 Å². The van der Waals surface area contributed by atoms with E-state index in [0.717, 1.165) is 16.9 Å². The Labute approximate surface area is 208 Å². The Balaban J connectivity index is 1.42. The number of nitrogens with zero attached hydrogens (tertiary/aromatic N) is 3. The minimum Gasteiger partial charge on any atom is -0.493 e. The fraction of sp³-hybridized carbons (Fsp3) is 0.462. The number of aliphatic hydroxyl groups is 1. The summed E-state index contributed by atoms with van der Waals surface area (Å²) in [6.07, 6.45) is 2.61. The van der Waals surface area contributed by atoms with Gasteiger partial charge in [-0.15, -0.1) is 0 Å². The van der Waals surface area contributed by atoms with Gasteiger partial charge >= 0.3 is 0 Å². The van der Waals surface area contributed by atoms with E-state index in [-0.39, 0.29) is 19.5 Å². The second-order valence-corrected chi connectivity index (χ2v) is 9.71. The molecule has 9 nitrogen and oxygen atoms in total. The van der Waals surface area contributed by atoms with Gasteiger partial charge in [0.1, 0.15) is 36.1 Å². The van der Waals surface area contributed by atoms with Crippen molar-refractivity contribution >= 4 is 22.8 Å². The van der Waals surface area contributed by atoms with Crippen molar-refractivity contribution in [2.24, 2.45) is 5.92 Å². The smallest absolute Gasteiger partial charge is 0.255 e. The van der Waals surface area contributed by atoms with Crippen LogP contribution < -0.4 is 10.1 Å². The molecule has 0 bridgehead atoms. The molecule has 5 rings (SSSR count). The lowest BCUT2D eigenvalue weighted by Gasteiger charge is -2.34. The van der Waals surface area contributed by atoms with Gasteiger partial charge in [-0.05, 0) is 51.2 Å². The van der Waals surface area contributed by atoms with E-state index in [0.29, 0.717) is 40.5 Å². The van der Waals surface area contributed by atoms with Gasteiger partial charge in [-0.25, -0.2) is 14.4 Å². The number of benzene rings is 1. The SMILES string of the molecule is Cc1ccc(OCC2CC2)c(-c2ncnc3c(C(=O)N[C@@H]4CCN(C(=O)CO)C[C@H]4F)c(C)[nH]c23)c1. The van der Waals surface area contributed by atoms with Gasteiger partial charge < -0.3 is 25.0 Å². The lowest BCUT2D eigenvalue weighted by molar-refractivity contribution is -0.136. The minimum atomic E-state index is -1.44. The molecule has 0 spiro atoms. The van der Waals surface area contributed by atoms with Crippen LogP contribution in [0.2, 0.25) is 0 Å². The van der Waals surface area contributed by atoms with E-state index in [9.17, 15) is 14.0 Å². The summed E-state index contributed by atoms with van der Waals surface area (Å²) in [7, 11) is 0.